The topological polar surface area (TPSA) is 116 Å². The van der Waals surface area contributed by atoms with Gasteiger partial charge in [-0.3, -0.25) is 4.90 Å². The number of carbonyl (C=O) groups is 1. The fourth-order valence-electron chi connectivity index (χ4n) is 3.83. The molecule has 3 heterocycles. The number of hydrogen-bond acceptors (Lipinski definition) is 7. The van der Waals surface area contributed by atoms with E-state index in [9.17, 15) is 9.90 Å². The van der Waals surface area contributed by atoms with Crippen molar-refractivity contribution in [2.24, 2.45) is 0 Å². The molecule has 3 saturated heterocycles. The van der Waals surface area contributed by atoms with Crippen molar-refractivity contribution >= 4 is 11.7 Å². The standard InChI is InChI=1S/C18H22N4O5/c19-9-11-2-1-3-12(8-11)20-18(24)21-14-13-10-26-17(27-13)15(16(14)23)22-4-6-25-7-5-22/h1-3,8,13-17,23H,4-7,10H2,(H2,20,21,24)/t13-,14-,15-,16+,17-/m1/s1. The zero-order valence-electron chi connectivity index (χ0n) is 14.7. The maximum Gasteiger partial charge on any atom is 0.319 e. The minimum Gasteiger partial charge on any atom is -0.389 e. The van der Waals surface area contributed by atoms with E-state index < -0.39 is 30.6 Å². The fraction of sp³-hybridized carbons (Fsp3) is 0.556. The Morgan fingerprint density at radius 1 is 1.33 bits per heavy atom. The van der Waals surface area contributed by atoms with E-state index in [4.69, 9.17) is 19.5 Å². The Hall–Kier alpha value is -2.22. The summed E-state index contributed by atoms with van der Waals surface area (Å²) in [4.78, 5) is 14.5. The molecule has 0 aliphatic carbocycles. The second-order valence-electron chi connectivity index (χ2n) is 6.82. The van der Waals surface area contributed by atoms with E-state index in [0.29, 0.717) is 44.2 Å². The Bertz CT molecular complexity index is 733. The Labute approximate surface area is 156 Å². The van der Waals surface area contributed by atoms with Crippen molar-refractivity contribution in [3.63, 3.8) is 0 Å². The highest BCUT2D eigenvalue weighted by Gasteiger charge is 2.52. The van der Waals surface area contributed by atoms with E-state index in [-0.39, 0.29) is 6.04 Å². The van der Waals surface area contributed by atoms with Crippen molar-refractivity contribution in [3.05, 3.63) is 29.8 Å². The number of urea groups is 1. The maximum atomic E-state index is 12.4. The van der Waals surface area contributed by atoms with Gasteiger partial charge in [0.1, 0.15) is 6.10 Å². The number of nitriles is 1. The van der Waals surface area contributed by atoms with Crippen molar-refractivity contribution < 1.29 is 24.1 Å². The van der Waals surface area contributed by atoms with Crippen LogP contribution in [-0.2, 0) is 14.2 Å². The van der Waals surface area contributed by atoms with E-state index in [0.717, 1.165) is 0 Å². The third-order valence-electron chi connectivity index (χ3n) is 5.15. The zero-order chi connectivity index (χ0) is 18.8. The second kappa shape index (κ2) is 7.80. The van der Waals surface area contributed by atoms with E-state index in [2.05, 4.69) is 15.5 Å². The fourth-order valence-corrected chi connectivity index (χ4v) is 3.83. The monoisotopic (exact) mass is 374 g/mol. The molecule has 2 bridgehead atoms. The molecule has 0 aromatic heterocycles. The Kier molecular flexibility index (Phi) is 5.24. The number of rotatable bonds is 3. The molecule has 3 aliphatic heterocycles. The molecule has 0 saturated carbocycles. The van der Waals surface area contributed by atoms with E-state index in [1.54, 1.807) is 24.3 Å². The Morgan fingerprint density at radius 2 is 2.15 bits per heavy atom. The van der Waals surface area contributed by atoms with Gasteiger partial charge in [0, 0.05) is 18.8 Å². The average molecular weight is 374 g/mol. The van der Waals surface area contributed by atoms with Crippen LogP contribution in [0, 0.1) is 11.3 Å². The highest BCUT2D eigenvalue weighted by Crippen LogP contribution is 2.31. The number of amides is 2. The molecule has 0 unspecified atom stereocenters. The van der Waals surface area contributed by atoms with Crippen LogP contribution in [0.3, 0.4) is 0 Å². The number of benzene rings is 1. The molecule has 144 valence electrons. The van der Waals surface area contributed by atoms with Crippen LogP contribution in [0.4, 0.5) is 10.5 Å². The third-order valence-corrected chi connectivity index (χ3v) is 5.15. The first-order valence-corrected chi connectivity index (χ1v) is 9.00. The van der Waals surface area contributed by atoms with Crippen molar-refractivity contribution in [1.82, 2.24) is 10.2 Å². The summed E-state index contributed by atoms with van der Waals surface area (Å²) in [6.45, 7) is 2.85. The highest BCUT2D eigenvalue weighted by atomic mass is 16.7. The molecule has 9 nitrogen and oxygen atoms in total. The highest BCUT2D eigenvalue weighted by molar-refractivity contribution is 5.89. The van der Waals surface area contributed by atoms with Gasteiger partial charge >= 0.3 is 6.03 Å². The summed E-state index contributed by atoms with van der Waals surface area (Å²) in [6.07, 6.45) is -1.74. The van der Waals surface area contributed by atoms with Gasteiger partial charge in [-0.05, 0) is 18.2 Å². The number of anilines is 1. The molecule has 1 aromatic carbocycles. The predicted octanol–water partition coefficient (Wildman–Crippen LogP) is -0.135. The predicted molar refractivity (Wildman–Crippen MR) is 93.9 cm³/mol. The number of carbonyl (C=O) groups excluding carboxylic acids is 1. The number of nitrogens with one attached hydrogen (secondary N) is 2. The van der Waals surface area contributed by atoms with Crippen molar-refractivity contribution in [3.8, 4) is 6.07 Å². The summed E-state index contributed by atoms with van der Waals surface area (Å²) in [5.74, 6) is 0. The van der Waals surface area contributed by atoms with Gasteiger partial charge in [-0.15, -0.1) is 0 Å². The minimum atomic E-state index is -0.828. The molecule has 4 rings (SSSR count). The lowest BCUT2D eigenvalue weighted by atomic mass is 9.94. The summed E-state index contributed by atoms with van der Waals surface area (Å²) in [5, 5.41) is 25.4. The third kappa shape index (κ3) is 3.76. The van der Waals surface area contributed by atoms with E-state index >= 15 is 0 Å². The van der Waals surface area contributed by atoms with Gasteiger partial charge in [0.15, 0.2) is 6.29 Å². The summed E-state index contributed by atoms with van der Waals surface area (Å²) in [6, 6.07) is 7.22. The van der Waals surface area contributed by atoms with Gasteiger partial charge in [0.05, 0.1) is 49.6 Å². The number of nitrogens with zero attached hydrogens (tertiary/aromatic N) is 2. The zero-order valence-corrected chi connectivity index (χ0v) is 14.7. The summed E-state index contributed by atoms with van der Waals surface area (Å²) in [5.41, 5.74) is 0.955. The molecule has 0 radical (unpaired) electrons. The van der Waals surface area contributed by atoms with Crippen molar-refractivity contribution in [1.29, 1.82) is 5.26 Å². The lowest BCUT2D eigenvalue weighted by Crippen LogP contribution is -2.66. The molecule has 1 aromatic rings. The van der Waals surface area contributed by atoms with Crippen LogP contribution in [0.2, 0.25) is 0 Å². The number of aliphatic hydroxyl groups is 1. The summed E-state index contributed by atoms with van der Waals surface area (Å²) >= 11 is 0. The smallest absolute Gasteiger partial charge is 0.319 e. The summed E-state index contributed by atoms with van der Waals surface area (Å²) in [7, 11) is 0. The largest absolute Gasteiger partial charge is 0.389 e. The second-order valence-corrected chi connectivity index (χ2v) is 6.82. The van der Waals surface area contributed by atoms with Crippen LogP contribution in [0.5, 0.6) is 0 Å². The first kappa shape index (κ1) is 18.2. The first-order valence-electron chi connectivity index (χ1n) is 9.00. The normalized spacial score (nSPS) is 33.3. The van der Waals surface area contributed by atoms with Crippen LogP contribution >= 0.6 is 0 Å². The molecule has 27 heavy (non-hydrogen) atoms. The molecular formula is C18H22N4O5. The Balaban J connectivity index is 1.44. The van der Waals surface area contributed by atoms with Gasteiger partial charge in [-0.25, -0.2) is 4.79 Å². The van der Waals surface area contributed by atoms with Crippen molar-refractivity contribution in [2.45, 2.75) is 30.6 Å². The molecule has 2 amide bonds. The summed E-state index contributed by atoms with van der Waals surface area (Å²) < 4.78 is 17.0. The van der Waals surface area contributed by atoms with Crippen LogP contribution in [-0.4, -0.2) is 79.5 Å². The SMILES string of the molecule is N#Cc1cccc(NC(=O)N[C@H]2[C@H](O)[C@@H](N3CCOCC3)[C@@H]3OC[C@H]2O3)c1. The number of morpholine rings is 1. The first-order chi connectivity index (χ1) is 13.2. The number of fused-ring (bicyclic) bond motifs is 2. The van der Waals surface area contributed by atoms with Gasteiger partial charge in [-0.1, -0.05) is 6.07 Å². The Morgan fingerprint density at radius 3 is 2.93 bits per heavy atom. The molecule has 9 heteroatoms. The molecule has 3 fully saturated rings. The van der Waals surface area contributed by atoms with Gasteiger partial charge in [0.2, 0.25) is 0 Å². The van der Waals surface area contributed by atoms with E-state index in [1.807, 2.05) is 6.07 Å². The lowest BCUT2D eigenvalue weighted by molar-refractivity contribution is -0.189. The number of ether oxygens (including phenoxy) is 3. The quantitative estimate of drug-likeness (QED) is 0.675. The minimum absolute atomic E-state index is 0.317. The van der Waals surface area contributed by atoms with Crippen molar-refractivity contribution in [2.75, 3.05) is 38.2 Å². The molecular weight excluding hydrogens is 352 g/mol. The van der Waals surface area contributed by atoms with Crippen LogP contribution in [0.25, 0.3) is 0 Å². The van der Waals surface area contributed by atoms with E-state index in [1.165, 1.54) is 0 Å². The molecule has 3 aliphatic rings. The van der Waals surface area contributed by atoms with Crippen LogP contribution in [0.1, 0.15) is 5.56 Å². The lowest BCUT2D eigenvalue weighted by Gasteiger charge is -2.44. The van der Waals surface area contributed by atoms with Crippen LogP contribution in [0.15, 0.2) is 24.3 Å². The van der Waals surface area contributed by atoms with Gasteiger partial charge in [-0.2, -0.15) is 5.26 Å². The molecule has 5 atom stereocenters. The molecule has 3 N–H and O–H groups in total. The molecule has 0 spiro atoms. The number of hydrogen-bond donors (Lipinski definition) is 3. The van der Waals surface area contributed by atoms with Crippen LogP contribution < -0.4 is 10.6 Å². The maximum absolute atomic E-state index is 12.4. The average Bonchev–Trinajstić information content (AvgIpc) is 3.11. The number of aliphatic hydroxyl groups excluding tert-OH is 1. The van der Waals surface area contributed by atoms with Gasteiger partial charge < -0.3 is 30.0 Å². The van der Waals surface area contributed by atoms with Gasteiger partial charge in [0.25, 0.3) is 0 Å².